The molecule has 1 atom stereocenters. The number of carbonyl (C=O) groups excluding carboxylic acids is 2. The zero-order valence-electron chi connectivity index (χ0n) is 15.7. The van der Waals surface area contributed by atoms with Crippen LogP contribution in [0, 0.1) is 17.8 Å². The van der Waals surface area contributed by atoms with Crippen molar-refractivity contribution in [1.82, 2.24) is 14.6 Å². The van der Waals surface area contributed by atoms with Crippen LogP contribution < -0.4 is 5.76 Å². The van der Waals surface area contributed by atoms with Crippen LogP contribution in [0.2, 0.25) is 0 Å². The number of Topliss-reactive ketones (excluding diaryl/α,β-unsaturated/α-hetero) is 2. The van der Waals surface area contributed by atoms with Crippen LogP contribution in [0.1, 0.15) is 56.6 Å². The molecular weight excluding hydrogens is 322 g/mol. The molecule has 1 aromatic heterocycles. The highest BCUT2D eigenvalue weighted by Crippen LogP contribution is 2.30. The number of aromatic nitrogens is 2. The van der Waals surface area contributed by atoms with Gasteiger partial charge in [-0.3, -0.25) is 18.7 Å². The predicted octanol–water partition coefficient (Wildman–Crippen LogP) is 2.00. The van der Waals surface area contributed by atoms with Crippen molar-refractivity contribution in [3.8, 4) is 0 Å². The van der Waals surface area contributed by atoms with E-state index in [1.165, 1.54) is 4.57 Å². The highest BCUT2D eigenvalue weighted by atomic mass is 16.5. The number of ketones is 2. The molecule has 1 aromatic rings. The van der Waals surface area contributed by atoms with Crippen LogP contribution in [-0.2, 0) is 11.3 Å². The number of likely N-dealkylation sites (N-methyl/N-ethyl adjacent to an activating group) is 1. The van der Waals surface area contributed by atoms with Crippen molar-refractivity contribution in [3.63, 3.8) is 0 Å². The van der Waals surface area contributed by atoms with Gasteiger partial charge in [-0.05, 0) is 32.9 Å². The summed E-state index contributed by atoms with van der Waals surface area (Å²) < 4.78 is 5.95. The Labute approximate surface area is 148 Å². The Hall–Kier alpha value is -1.76. The zero-order valence-corrected chi connectivity index (χ0v) is 15.7. The Balaban J connectivity index is 2.25. The predicted molar refractivity (Wildman–Crippen MR) is 93.6 cm³/mol. The smallest absolute Gasteiger partial charge is 0.308 e. The Bertz CT molecular complexity index is 654. The van der Waals surface area contributed by atoms with Gasteiger partial charge in [-0.15, -0.1) is 0 Å². The standard InChI is InChI=1S/C18H29N3O4/c1-12(2)14(15(22)13-8-6-5-7-9-13)16(23)17-19-25-18(24)21(17)11-10-20(3)4/h12-14H,5-11H2,1-4H3/t14-/m1/s1. The molecule has 0 amide bonds. The molecule has 0 radical (unpaired) electrons. The van der Waals surface area contributed by atoms with Crippen molar-refractivity contribution in [3.05, 3.63) is 16.4 Å². The van der Waals surface area contributed by atoms with Crippen LogP contribution >= 0.6 is 0 Å². The van der Waals surface area contributed by atoms with Crippen LogP contribution in [0.15, 0.2) is 9.32 Å². The fraction of sp³-hybridized carbons (Fsp3) is 0.778. The second kappa shape index (κ2) is 8.56. The first kappa shape index (κ1) is 19.6. The summed E-state index contributed by atoms with van der Waals surface area (Å²) in [4.78, 5) is 39.8. The molecule has 0 saturated heterocycles. The highest BCUT2D eigenvalue weighted by Gasteiger charge is 2.38. The lowest BCUT2D eigenvalue weighted by Crippen LogP contribution is -2.37. The van der Waals surface area contributed by atoms with E-state index < -0.39 is 17.5 Å². The lowest BCUT2D eigenvalue weighted by Gasteiger charge is -2.26. The van der Waals surface area contributed by atoms with Gasteiger partial charge in [0.1, 0.15) is 5.78 Å². The quantitative estimate of drug-likeness (QED) is 0.526. The van der Waals surface area contributed by atoms with Gasteiger partial charge in [0.25, 0.3) is 0 Å². The molecular formula is C18H29N3O4. The Morgan fingerprint density at radius 3 is 2.44 bits per heavy atom. The van der Waals surface area contributed by atoms with E-state index in [0.717, 1.165) is 32.1 Å². The van der Waals surface area contributed by atoms with E-state index in [0.29, 0.717) is 13.1 Å². The average Bonchev–Trinajstić information content (AvgIpc) is 2.94. The molecule has 0 unspecified atom stereocenters. The molecule has 1 heterocycles. The van der Waals surface area contributed by atoms with Gasteiger partial charge in [0.2, 0.25) is 11.6 Å². The number of nitrogens with zero attached hydrogens (tertiary/aromatic N) is 3. The van der Waals surface area contributed by atoms with Gasteiger partial charge in [-0.1, -0.05) is 38.3 Å². The molecule has 1 fully saturated rings. The SMILES string of the molecule is CC(C)[C@@H](C(=O)c1noc(=O)n1CCN(C)C)C(=O)C1CCCCC1. The molecule has 0 bridgehead atoms. The molecule has 0 spiro atoms. The lowest BCUT2D eigenvalue weighted by atomic mass is 9.76. The first-order chi connectivity index (χ1) is 11.8. The van der Waals surface area contributed by atoms with Gasteiger partial charge in [0.15, 0.2) is 0 Å². The van der Waals surface area contributed by atoms with Gasteiger partial charge in [0.05, 0.1) is 5.92 Å². The summed E-state index contributed by atoms with van der Waals surface area (Å²) in [5, 5.41) is 3.68. The van der Waals surface area contributed by atoms with E-state index >= 15 is 0 Å². The molecule has 2 rings (SSSR count). The number of carbonyl (C=O) groups is 2. The lowest BCUT2D eigenvalue weighted by molar-refractivity contribution is -0.127. The molecule has 25 heavy (non-hydrogen) atoms. The molecule has 1 saturated carbocycles. The molecule has 7 nitrogen and oxygen atoms in total. The maximum atomic E-state index is 13.0. The molecule has 0 aliphatic heterocycles. The minimum Gasteiger partial charge on any atom is -0.308 e. The Morgan fingerprint density at radius 2 is 1.88 bits per heavy atom. The van der Waals surface area contributed by atoms with Crippen LogP contribution in [0.5, 0.6) is 0 Å². The fourth-order valence-electron chi connectivity index (χ4n) is 3.48. The van der Waals surface area contributed by atoms with Crippen molar-refractivity contribution in [2.75, 3.05) is 20.6 Å². The van der Waals surface area contributed by atoms with E-state index in [2.05, 4.69) is 5.16 Å². The van der Waals surface area contributed by atoms with Crippen molar-refractivity contribution in [2.24, 2.45) is 17.8 Å². The van der Waals surface area contributed by atoms with Gasteiger partial charge < -0.3 is 4.90 Å². The van der Waals surface area contributed by atoms with Crippen molar-refractivity contribution in [2.45, 2.75) is 52.5 Å². The fourth-order valence-corrected chi connectivity index (χ4v) is 3.48. The minimum absolute atomic E-state index is 0.00527. The number of hydrogen-bond acceptors (Lipinski definition) is 6. The molecule has 1 aliphatic carbocycles. The molecule has 0 N–H and O–H groups in total. The van der Waals surface area contributed by atoms with E-state index in [1.807, 2.05) is 32.8 Å². The van der Waals surface area contributed by atoms with E-state index in [9.17, 15) is 14.4 Å². The Kier molecular flexibility index (Phi) is 6.70. The Morgan fingerprint density at radius 1 is 1.24 bits per heavy atom. The summed E-state index contributed by atoms with van der Waals surface area (Å²) in [5.74, 6) is -2.05. The third-order valence-corrected chi connectivity index (χ3v) is 4.94. The zero-order chi connectivity index (χ0) is 18.6. The molecule has 7 heteroatoms. The first-order valence-corrected chi connectivity index (χ1v) is 9.12. The number of hydrogen-bond donors (Lipinski definition) is 0. The average molecular weight is 351 g/mol. The maximum Gasteiger partial charge on any atom is 0.441 e. The maximum absolute atomic E-state index is 13.0. The third kappa shape index (κ3) is 4.66. The van der Waals surface area contributed by atoms with E-state index in [1.54, 1.807) is 0 Å². The van der Waals surface area contributed by atoms with Crippen molar-refractivity contribution < 1.29 is 14.1 Å². The van der Waals surface area contributed by atoms with E-state index in [-0.39, 0.29) is 23.4 Å². The van der Waals surface area contributed by atoms with Crippen LogP contribution in [0.25, 0.3) is 0 Å². The number of rotatable bonds is 8. The summed E-state index contributed by atoms with van der Waals surface area (Å²) >= 11 is 0. The van der Waals surface area contributed by atoms with Gasteiger partial charge in [0, 0.05) is 19.0 Å². The topological polar surface area (TPSA) is 85.4 Å². The second-order valence-corrected chi connectivity index (χ2v) is 7.55. The second-order valence-electron chi connectivity index (χ2n) is 7.55. The molecule has 1 aliphatic rings. The van der Waals surface area contributed by atoms with Gasteiger partial charge in [-0.25, -0.2) is 4.79 Å². The van der Waals surface area contributed by atoms with Gasteiger partial charge >= 0.3 is 5.76 Å². The summed E-state index contributed by atoms with van der Waals surface area (Å²) in [6.07, 6.45) is 4.92. The van der Waals surface area contributed by atoms with E-state index in [4.69, 9.17) is 4.52 Å². The van der Waals surface area contributed by atoms with Crippen molar-refractivity contribution in [1.29, 1.82) is 0 Å². The summed E-state index contributed by atoms with van der Waals surface area (Å²) in [6, 6.07) is 0. The minimum atomic E-state index is -0.766. The van der Waals surface area contributed by atoms with Crippen LogP contribution in [-0.4, -0.2) is 46.8 Å². The highest BCUT2D eigenvalue weighted by molar-refractivity contribution is 6.09. The summed E-state index contributed by atoms with van der Waals surface area (Å²) in [6.45, 7) is 4.61. The normalized spacial score (nSPS) is 17.2. The molecule has 140 valence electrons. The molecule has 0 aromatic carbocycles. The summed E-state index contributed by atoms with van der Waals surface area (Å²) in [5.41, 5.74) is 0. The largest absolute Gasteiger partial charge is 0.441 e. The van der Waals surface area contributed by atoms with Crippen molar-refractivity contribution >= 4 is 11.6 Å². The summed E-state index contributed by atoms with van der Waals surface area (Å²) in [7, 11) is 3.76. The monoisotopic (exact) mass is 351 g/mol. The van der Waals surface area contributed by atoms with Gasteiger partial charge in [-0.2, -0.15) is 0 Å². The third-order valence-electron chi connectivity index (χ3n) is 4.94. The first-order valence-electron chi connectivity index (χ1n) is 9.12. The van der Waals surface area contributed by atoms with Crippen LogP contribution in [0.3, 0.4) is 0 Å². The van der Waals surface area contributed by atoms with Crippen LogP contribution in [0.4, 0.5) is 0 Å².